The third-order valence-electron chi connectivity index (χ3n) is 5.60. The van der Waals surface area contributed by atoms with E-state index in [2.05, 4.69) is 24.3 Å². The van der Waals surface area contributed by atoms with Crippen LogP contribution in [0.15, 0.2) is 91.0 Å². The quantitative estimate of drug-likeness (QED) is 0.442. The van der Waals surface area contributed by atoms with Gasteiger partial charge in [0.1, 0.15) is 23.7 Å². The van der Waals surface area contributed by atoms with Crippen molar-refractivity contribution in [3.8, 4) is 0 Å². The molecule has 1 aliphatic rings. The zero-order valence-electron chi connectivity index (χ0n) is 18.2. The number of rotatable bonds is 9. The van der Waals surface area contributed by atoms with Crippen molar-refractivity contribution in [1.82, 2.24) is 0 Å². The highest BCUT2D eigenvalue weighted by atomic mass is 32.1. The fourth-order valence-corrected chi connectivity index (χ4v) is 4.34. The Morgan fingerprint density at radius 2 is 0.969 bits per heavy atom. The molecule has 5 atom stereocenters. The summed E-state index contributed by atoms with van der Waals surface area (Å²) in [6.45, 7) is 3.41. The van der Waals surface area contributed by atoms with E-state index < -0.39 is 5.44 Å². The molecule has 5 heteroatoms. The number of thiol groups is 1. The second-order valence-corrected chi connectivity index (χ2v) is 8.52. The summed E-state index contributed by atoms with van der Waals surface area (Å²) in [7, 11) is 0. The summed E-state index contributed by atoms with van der Waals surface area (Å²) in [6.07, 6.45) is -1.17. The van der Waals surface area contributed by atoms with Crippen LogP contribution in [0.5, 0.6) is 0 Å². The van der Waals surface area contributed by atoms with Crippen molar-refractivity contribution in [2.24, 2.45) is 0 Å². The zero-order chi connectivity index (χ0) is 22.2. The molecule has 0 saturated carbocycles. The van der Waals surface area contributed by atoms with Gasteiger partial charge >= 0.3 is 0 Å². The predicted octanol–water partition coefficient (Wildman–Crippen LogP) is 5.42. The molecule has 0 radical (unpaired) electrons. The first-order valence-corrected chi connectivity index (χ1v) is 11.5. The maximum absolute atomic E-state index is 6.43. The molecule has 1 heterocycles. The number of hydrogen-bond donors (Lipinski definition) is 1. The first-order valence-electron chi connectivity index (χ1n) is 11.0. The fraction of sp³-hybridized carbons (Fsp3) is 0.333. The number of ether oxygens (including phenoxy) is 4. The summed E-state index contributed by atoms with van der Waals surface area (Å²) in [6, 6.07) is 30.4. The molecule has 4 nitrogen and oxygen atoms in total. The Balaban J connectivity index is 1.50. The molecule has 4 rings (SSSR count). The van der Waals surface area contributed by atoms with Crippen LogP contribution < -0.4 is 0 Å². The van der Waals surface area contributed by atoms with Gasteiger partial charge in [0.2, 0.25) is 0 Å². The highest BCUT2D eigenvalue weighted by Crippen LogP contribution is 2.31. The molecule has 1 fully saturated rings. The highest BCUT2D eigenvalue weighted by Gasteiger charge is 2.45. The number of hydrogen-bond acceptors (Lipinski definition) is 5. The maximum atomic E-state index is 6.43. The summed E-state index contributed by atoms with van der Waals surface area (Å²) < 4.78 is 25.2. The van der Waals surface area contributed by atoms with E-state index in [0.29, 0.717) is 19.8 Å². The van der Waals surface area contributed by atoms with Crippen molar-refractivity contribution in [2.75, 3.05) is 0 Å². The first kappa shape index (κ1) is 23.0. The topological polar surface area (TPSA) is 36.9 Å². The molecule has 0 amide bonds. The summed E-state index contributed by atoms with van der Waals surface area (Å²) in [5, 5.41) is 0. The lowest BCUT2D eigenvalue weighted by molar-refractivity contribution is -0.242. The van der Waals surface area contributed by atoms with Crippen molar-refractivity contribution in [3.05, 3.63) is 108 Å². The molecule has 0 aliphatic carbocycles. The monoisotopic (exact) mass is 450 g/mol. The average molecular weight is 451 g/mol. The summed E-state index contributed by atoms with van der Waals surface area (Å²) in [5.74, 6) is 0. The van der Waals surface area contributed by atoms with Gasteiger partial charge < -0.3 is 18.9 Å². The van der Waals surface area contributed by atoms with E-state index >= 15 is 0 Å². The van der Waals surface area contributed by atoms with Gasteiger partial charge in [-0.25, -0.2) is 0 Å². The van der Waals surface area contributed by atoms with Crippen LogP contribution in [0.25, 0.3) is 0 Å². The van der Waals surface area contributed by atoms with Gasteiger partial charge in [-0.15, -0.1) is 12.6 Å². The molecule has 32 heavy (non-hydrogen) atoms. The lowest BCUT2D eigenvalue weighted by atomic mass is 9.99. The normalized spacial score (nSPS) is 25.5. The van der Waals surface area contributed by atoms with Crippen LogP contribution >= 0.6 is 12.6 Å². The Morgan fingerprint density at radius 3 is 1.41 bits per heavy atom. The molecule has 1 aliphatic heterocycles. The van der Waals surface area contributed by atoms with Crippen molar-refractivity contribution >= 4 is 12.6 Å². The highest BCUT2D eigenvalue weighted by molar-refractivity contribution is 7.80. The van der Waals surface area contributed by atoms with E-state index in [1.807, 2.05) is 73.7 Å². The SMILES string of the molecule is C[C@@H]1O[C@@H](S)[C@@H](OCc2ccccc2)[C@H](OCc2ccccc2)[C@@H]1OCc1ccccc1. The van der Waals surface area contributed by atoms with Crippen LogP contribution in [0.1, 0.15) is 23.6 Å². The van der Waals surface area contributed by atoms with Crippen molar-refractivity contribution < 1.29 is 18.9 Å². The standard InChI is InChI=1S/C27H30O4S/c1-20-24(28-17-21-11-5-2-6-12-21)25(29-18-22-13-7-3-8-14-22)26(27(32)31-20)30-19-23-15-9-4-10-16-23/h2-16,20,24-27,32H,17-19H2,1H3/t20-,24+,25+,26-,27-/m0/s1. The Kier molecular flexibility index (Phi) is 8.37. The summed E-state index contributed by atoms with van der Waals surface area (Å²) in [4.78, 5) is 0. The molecule has 0 unspecified atom stereocenters. The summed E-state index contributed by atoms with van der Waals surface area (Å²) in [5.41, 5.74) is 2.89. The third-order valence-corrected chi connectivity index (χ3v) is 6.02. The maximum Gasteiger partial charge on any atom is 0.129 e. The molecule has 0 spiro atoms. The van der Waals surface area contributed by atoms with Crippen LogP contribution in [0.2, 0.25) is 0 Å². The van der Waals surface area contributed by atoms with E-state index in [1.165, 1.54) is 0 Å². The molecular weight excluding hydrogens is 420 g/mol. The van der Waals surface area contributed by atoms with Crippen molar-refractivity contribution in [1.29, 1.82) is 0 Å². The smallest absolute Gasteiger partial charge is 0.129 e. The van der Waals surface area contributed by atoms with Gasteiger partial charge in [-0.05, 0) is 23.6 Å². The Morgan fingerprint density at radius 1 is 0.594 bits per heavy atom. The molecule has 3 aromatic carbocycles. The van der Waals surface area contributed by atoms with Crippen LogP contribution in [-0.4, -0.2) is 29.9 Å². The van der Waals surface area contributed by atoms with Gasteiger partial charge in [-0.2, -0.15) is 0 Å². The molecular formula is C27H30O4S. The van der Waals surface area contributed by atoms with Gasteiger partial charge in [0.05, 0.1) is 25.9 Å². The van der Waals surface area contributed by atoms with Crippen LogP contribution in [0.3, 0.4) is 0 Å². The lowest BCUT2D eigenvalue weighted by Crippen LogP contribution is -2.57. The third kappa shape index (κ3) is 6.21. The van der Waals surface area contributed by atoms with Gasteiger partial charge in [0.25, 0.3) is 0 Å². The Labute approximate surface area is 195 Å². The molecule has 0 N–H and O–H groups in total. The van der Waals surface area contributed by atoms with Gasteiger partial charge in [0, 0.05) is 0 Å². The van der Waals surface area contributed by atoms with E-state index in [-0.39, 0.29) is 24.4 Å². The van der Waals surface area contributed by atoms with E-state index in [1.54, 1.807) is 0 Å². The summed E-state index contributed by atoms with van der Waals surface area (Å²) >= 11 is 4.70. The van der Waals surface area contributed by atoms with Crippen LogP contribution in [-0.2, 0) is 38.8 Å². The van der Waals surface area contributed by atoms with Gasteiger partial charge in [0.15, 0.2) is 0 Å². The van der Waals surface area contributed by atoms with Crippen molar-refractivity contribution in [3.63, 3.8) is 0 Å². The van der Waals surface area contributed by atoms with Gasteiger partial charge in [-0.3, -0.25) is 0 Å². The minimum absolute atomic E-state index is 0.182. The minimum Gasteiger partial charge on any atom is -0.368 e. The molecule has 1 saturated heterocycles. The van der Waals surface area contributed by atoms with Crippen LogP contribution in [0, 0.1) is 0 Å². The molecule has 168 valence electrons. The number of benzene rings is 3. The first-order chi connectivity index (χ1) is 15.7. The minimum atomic E-state index is -0.411. The second kappa shape index (κ2) is 11.6. The Hall–Kier alpha value is -2.15. The van der Waals surface area contributed by atoms with Gasteiger partial charge in [-0.1, -0.05) is 91.0 Å². The molecule has 3 aromatic rings. The lowest BCUT2D eigenvalue weighted by Gasteiger charge is -2.44. The molecule has 0 aromatic heterocycles. The largest absolute Gasteiger partial charge is 0.368 e. The predicted molar refractivity (Wildman–Crippen MR) is 128 cm³/mol. The molecule has 0 bridgehead atoms. The van der Waals surface area contributed by atoms with E-state index in [0.717, 1.165) is 16.7 Å². The average Bonchev–Trinajstić information content (AvgIpc) is 2.83. The van der Waals surface area contributed by atoms with E-state index in [4.69, 9.17) is 31.6 Å². The van der Waals surface area contributed by atoms with Crippen molar-refractivity contribution in [2.45, 2.75) is 56.6 Å². The van der Waals surface area contributed by atoms with E-state index in [9.17, 15) is 0 Å². The second-order valence-electron chi connectivity index (χ2n) is 8.02. The Bertz CT molecular complexity index is 867. The zero-order valence-corrected chi connectivity index (χ0v) is 19.1. The van der Waals surface area contributed by atoms with Crippen LogP contribution in [0.4, 0.5) is 0 Å². The fourth-order valence-electron chi connectivity index (χ4n) is 3.89.